The van der Waals surface area contributed by atoms with E-state index in [9.17, 15) is 9.18 Å². The Morgan fingerprint density at radius 1 is 1.69 bits per heavy atom. The van der Waals surface area contributed by atoms with E-state index in [0.717, 1.165) is 0 Å². The summed E-state index contributed by atoms with van der Waals surface area (Å²) >= 11 is 0. The minimum Gasteiger partial charge on any atom is -0.396 e. The highest BCUT2D eigenvalue weighted by Gasteiger charge is 2.15. The first-order valence-electron chi connectivity index (χ1n) is 4.20. The average molecular weight is 185 g/mol. The second-order valence-electron chi connectivity index (χ2n) is 2.76. The number of aliphatic hydroxyl groups is 1. The van der Waals surface area contributed by atoms with Crippen LogP contribution in [0, 0.1) is 0 Å². The molecule has 2 N–H and O–H groups in total. The molecule has 0 saturated carbocycles. The number of allylic oxidation sites excluding steroid dienone is 2. The molecule has 0 bridgehead atoms. The van der Waals surface area contributed by atoms with Gasteiger partial charge >= 0.3 is 0 Å². The van der Waals surface area contributed by atoms with Crippen LogP contribution < -0.4 is 5.32 Å². The molecule has 0 aromatic carbocycles. The van der Waals surface area contributed by atoms with Crippen LogP contribution in [0.4, 0.5) is 4.39 Å². The minimum absolute atomic E-state index is 0.0254. The van der Waals surface area contributed by atoms with Gasteiger partial charge < -0.3 is 10.4 Å². The third-order valence-electron chi connectivity index (χ3n) is 1.74. The van der Waals surface area contributed by atoms with Crippen LogP contribution in [0.5, 0.6) is 0 Å². The molecular weight excluding hydrogens is 173 g/mol. The summed E-state index contributed by atoms with van der Waals surface area (Å²) < 4.78 is 12.9. The molecule has 0 atom stereocenters. The van der Waals surface area contributed by atoms with E-state index in [1.54, 1.807) is 6.08 Å². The molecule has 72 valence electrons. The lowest BCUT2D eigenvalue weighted by molar-refractivity contribution is -0.117. The lowest BCUT2D eigenvalue weighted by Crippen LogP contribution is -2.26. The van der Waals surface area contributed by atoms with Gasteiger partial charge in [0.15, 0.2) is 0 Å². The predicted molar refractivity (Wildman–Crippen MR) is 46.6 cm³/mol. The molecule has 0 saturated heterocycles. The van der Waals surface area contributed by atoms with Crippen molar-refractivity contribution in [1.82, 2.24) is 5.32 Å². The molecule has 0 spiro atoms. The van der Waals surface area contributed by atoms with Crippen molar-refractivity contribution in [2.45, 2.75) is 12.8 Å². The number of nitrogens with one attached hydrogen (secondary N) is 1. The highest BCUT2D eigenvalue weighted by Crippen LogP contribution is 2.19. The van der Waals surface area contributed by atoms with E-state index < -0.39 is 5.91 Å². The van der Waals surface area contributed by atoms with Crippen molar-refractivity contribution in [3.8, 4) is 0 Å². The molecule has 0 aliphatic heterocycles. The van der Waals surface area contributed by atoms with Gasteiger partial charge in [0.25, 0.3) is 5.91 Å². The largest absolute Gasteiger partial charge is 0.396 e. The van der Waals surface area contributed by atoms with Gasteiger partial charge in [0.05, 0.1) is 5.57 Å². The zero-order valence-electron chi connectivity index (χ0n) is 7.22. The average Bonchev–Trinajstić information content (AvgIpc) is 2.52. The van der Waals surface area contributed by atoms with Crippen molar-refractivity contribution >= 4 is 5.91 Å². The van der Waals surface area contributed by atoms with Gasteiger partial charge in [-0.2, -0.15) is 0 Å². The van der Waals surface area contributed by atoms with E-state index in [1.165, 1.54) is 6.08 Å². The smallest absolute Gasteiger partial charge is 0.253 e. The SMILES string of the molecule is O=C(NCCCO)C1=C(F)CC=C1. The van der Waals surface area contributed by atoms with E-state index in [1.807, 2.05) is 0 Å². The van der Waals surface area contributed by atoms with Crippen molar-refractivity contribution < 1.29 is 14.3 Å². The molecule has 0 aromatic heterocycles. The van der Waals surface area contributed by atoms with Crippen LogP contribution in [0.15, 0.2) is 23.6 Å². The van der Waals surface area contributed by atoms with Gasteiger partial charge in [-0.25, -0.2) is 4.39 Å². The first kappa shape index (κ1) is 9.92. The number of carbonyl (C=O) groups excluding carboxylic acids is 1. The maximum absolute atomic E-state index is 12.9. The fourth-order valence-electron chi connectivity index (χ4n) is 1.06. The summed E-state index contributed by atoms with van der Waals surface area (Å²) in [6.07, 6.45) is 3.78. The number of amides is 1. The van der Waals surface area contributed by atoms with Gasteiger partial charge in [-0.05, 0) is 6.42 Å². The molecule has 3 nitrogen and oxygen atoms in total. The van der Waals surface area contributed by atoms with Gasteiger partial charge in [0, 0.05) is 19.6 Å². The summed E-state index contributed by atoms with van der Waals surface area (Å²) in [6, 6.07) is 0. The van der Waals surface area contributed by atoms with Crippen molar-refractivity contribution in [3.05, 3.63) is 23.6 Å². The number of carbonyl (C=O) groups is 1. The van der Waals surface area contributed by atoms with E-state index >= 15 is 0 Å². The molecular formula is C9H12FNO2. The first-order chi connectivity index (χ1) is 6.25. The van der Waals surface area contributed by atoms with Crippen LogP contribution in [-0.4, -0.2) is 24.2 Å². The monoisotopic (exact) mass is 185 g/mol. The zero-order chi connectivity index (χ0) is 9.68. The molecule has 4 heteroatoms. The summed E-state index contributed by atoms with van der Waals surface area (Å²) in [4.78, 5) is 11.2. The second-order valence-corrected chi connectivity index (χ2v) is 2.76. The molecule has 13 heavy (non-hydrogen) atoms. The number of hydrogen-bond acceptors (Lipinski definition) is 2. The van der Waals surface area contributed by atoms with Gasteiger partial charge in [-0.15, -0.1) is 0 Å². The Morgan fingerprint density at radius 3 is 3.00 bits per heavy atom. The predicted octanol–water partition coefficient (Wildman–Crippen LogP) is 0.669. The van der Waals surface area contributed by atoms with E-state index in [-0.39, 0.29) is 24.4 Å². The van der Waals surface area contributed by atoms with Crippen molar-refractivity contribution in [2.24, 2.45) is 0 Å². The number of halogens is 1. The highest BCUT2D eigenvalue weighted by atomic mass is 19.1. The van der Waals surface area contributed by atoms with Crippen LogP contribution in [0.25, 0.3) is 0 Å². The number of aliphatic hydroxyl groups excluding tert-OH is 1. The van der Waals surface area contributed by atoms with Gasteiger partial charge in [-0.1, -0.05) is 12.2 Å². The maximum Gasteiger partial charge on any atom is 0.253 e. The molecule has 1 amide bonds. The third-order valence-corrected chi connectivity index (χ3v) is 1.74. The maximum atomic E-state index is 12.9. The second kappa shape index (κ2) is 4.77. The molecule has 0 radical (unpaired) electrons. The Morgan fingerprint density at radius 2 is 2.46 bits per heavy atom. The van der Waals surface area contributed by atoms with Crippen LogP contribution in [0.3, 0.4) is 0 Å². The topological polar surface area (TPSA) is 49.3 Å². The van der Waals surface area contributed by atoms with Crippen molar-refractivity contribution in [3.63, 3.8) is 0 Å². The summed E-state index contributed by atoms with van der Waals surface area (Å²) in [5, 5.41) is 11.0. The Hall–Kier alpha value is -1.16. The lowest BCUT2D eigenvalue weighted by atomic mass is 10.2. The van der Waals surface area contributed by atoms with Crippen molar-refractivity contribution in [1.29, 1.82) is 0 Å². The van der Waals surface area contributed by atoms with E-state index in [0.29, 0.717) is 13.0 Å². The standard InChI is InChI=1S/C9H12FNO2/c10-8-4-1-3-7(8)9(13)11-5-2-6-12/h1,3,12H,2,4-6H2,(H,11,13). The zero-order valence-corrected chi connectivity index (χ0v) is 7.22. The fraction of sp³-hybridized carbons (Fsp3) is 0.444. The Balaban J connectivity index is 2.39. The Bertz CT molecular complexity index is 258. The highest BCUT2D eigenvalue weighted by molar-refractivity contribution is 5.97. The van der Waals surface area contributed by atoms with E-state index in [2.05, 4.69) is 5.32 Å². The number of rotatable bonds is 4. The molecule has 0 fully saturated rings. The van der Waals surface area contributed by atoms with Gasteiger partial charge in [0.1, 0.15) is 5.83 Å². The minimum atomic E-state index is -0.403. The molecule has 0 aromatic rings. The molecule has 0 heterocycles. The third kappa shape index (κ3) is 2.66. The quantitative estimate of drug-likeness (QED) is 0.632. The fourth-order valence-corrected chi connectivity index (χ4v) is 1.06. The molecule has 1 aliphatic carbocycles. The normalized spacial score (nSPS) is 15.2. The van der Waals surface area contributed by atoms with Crippen molar-refractivity contribution in [2.75, 3.05) is 13.2 Å². The number of hydrogen-bond donors (Lipinski definition) is 2. The Kier molecular flexibility index (Phi) is 3.64. The summed E-state index contributed by atoms with van der Waals surface area (Å²) in [7, 11) is 0. The molecule has 1 aliphatic rings. The molecule has 1 rings (SSSR count). The first-order valence-corrected chi connectivity index (χ1v) is 4.20. The van der Waals surface area contributed by atoms with Gasteiger partial charge in [0.2, 0.25) is 0 Å². The van der Waals surface area contributed by atoms with Gasteiger partial charge in [-0.3, -0.25) is 4.79 Å². The van der Waals surface area contributed by atoms with E-state index in [4.69, 9.17) is 5.11 Å². The van der Waals surface area contributed by atoms with Crippen LogP contribution in [-0.2, 0) is 4.79 Å². The van der Waals surface area contributed by atoms with Crippen LogP contribution >= 0.6 is 0 Å². The summed E-state index contributed by atoms with van der Waals surface area (Å²) in [5.74, 6) is -0.791. The summed E-state index contributed by atoms with van der Waals surface area (Å²) in [6.45, 7) is 0.400. The Labute approximate surface area is 75.9 Å². The van der Waals surface area contributed by atoms with Crippen LogP contribution in [0.1, 0.15) is 12.8 Å². The molecule has 0 unspecified atom stereocenters. The summed E-state index contributed by atoms with van der Waals surface area (Å²) in [5.41, 5.74) is 0.109. The van der Waals surface area contributed by atoms with Crippen LogP contribution in [0.2, 0.25) is 0 Å². The lowest BCUT2D eigenvalue weighted by Gasteiger charge is -2.02.